The van der Waals surface area contributed by atoms with Crippen LogP contribution in [0.5, 0.6) is 0 Å². The summed E-state index contributed by atoms with van der Waals surface area (Å²) in [6.45, 7) is 0.764. The summed E-state index contributed by atoms with van der Waals surface area (Å²) in [4.78, 5) is 35.3. The number of fused-ring (bicyclic) bond motifs is 1. The molecular weight excluding hydrogens is 356 g/mol. The molecular formula is C21H20N4O3. The fraction of sp³-hybridized carbons (Fsp3) is 0.238. The zero-order valence-corrected chi connectivity index (χ0v) is 15.5. The molecule has 4 rings (SSSR count). The van der Waals surface area contributed by atoms with Crippen LogP contribution in [-0.2, 0) is 9.53 Å². The maximum atomic E-state index is 12.9. The Morgan fingerprint density at radius 2 is 1.89 bits per heavy atom. The number of nitrogens with one attached hydrogen (secondary N) is 1. The molecule has 0 radical (unpaired) electrons. The van der Waals surface area contributed by atoms with E-state index in [4.69, 9.17) is 4.74 Å². The average molecular weight is 376 g/mol. The molecule has 1 aromatic heterocycles. The van der Waals surface area contributed by atoms with E-state index in [9.17, 15) is 9.59 Å². The van der Waals surface area contributed by atoms with Crippen molar-refractivity contribution >= 4 is 34.3 Å². The number of nitrogens with zero attached hydrogens (tertiary/aromatic N) is 3. The molecule has 1 N–H and O–H groups in total. The molecule has 7 nitrogen and oxygen atoms in total. The minimum Gasteiger partial charge on any atom is -0.465 e. The number of carbonyl (C=O) groups excluding carboxylic acids is 2. The Hall–Kier alpha value is -3.48. The third kappa shape index (κ3) is 3.38. The van der Waals surface area contributed by atoms with Crippen molar-refractivity contribution in [3.8, 4) is 0 Å². The third-order valence-corrected chi connectivity index (χ3v) is 4.92. The van der Waals surface area contributed by atoms with Crippen molar-refractivity contribution in [2.24, 2.45) is 0 Å². The van der Waals surface area contributed by atoms with E-state index in [-0.39, 0.29) is 11.9 Å². The quantitative estimate of drug-likeness (QED) is 0.705. The largest absolute Gasteiger partial charge is 0.465 e. The van der Waals surface area contributed by atoms with Crippen LogP contribution in [0.4, 0.5) is 11.5 Å². The van der Waals surface area contributed by atoms with Gasteiger partial charge in [0.15, 0.2) is 0 Å². The van der Waals surface area contributed by atoms with Crippen LogP contribution >= 0.6 is 0 Å². The molecule has 2 heterocycles. The van der Waals surface area contributed by atoms with Crippen LogP contribution in [0.3, 0.4) is 0 Å². The first-order valence-electron chi connectivity index (χ1n) is 9.13. The van der Waals surface area contributed by atoms with Crippen LogP contribution in [0.15, 0.2) is 54.9 Å². The van der Waals surface area contributed by atoms with Gasteiger partial charge in [0.05, 0.1) is 18.2 Å². The summed E-state index contributed by atoms with van der Waals surface area (Å²) in [5, 5.41) is 3.88. The summed E-state index contributed by atoms with van der Waals surface area (Å²) >= 11 is 0. The van der Waals surface area contributed by atoms with E-state index in [0.29, 0.717) is 11.3 Å². The molecule has 0 spiro atoms. The van der Waals surface area contributed by atoms with Crippen molar-refractivity contribution < 1.29 is 14.3 Å². The molecule has 1 saturated heterocycles. The number of carbonyl (C=O) groups is 2. The van der Waals surface area contributed by atoms with Crippen LogP contribution in [0.2, 0.25) is 0 Å². The Labute approximate surface area is 162 Å². The van der Waals surface area contributed by atoms with Gasteiger partial charge in [0.2, 0.25) is 5.91 Å². The molecule has 1 aliphatic rings. The van der Waals surface area contributed by atoms with Crippen molar-refractivity contribution in [3.05, 3.63) is 60.4 Å². The lowest BCUT2D eigenvalue weighted by Crippen LogP contribution is -2.40. The summed E-state index contributed by atoms with van der Waals surface area (Å²) in [5.41, 5.74) is 1.93. The van der Waals surface area contributed by atoms with E-state index >= 15 is 0 Å². The predicted octanol–water partition coefficient (Wildman–Crippen LogP) is 3.02. The monoisotopic (exact) mass is 376 g/mol. The first-order chi connectivity index (χ1) is 13.7. The van der Waals surface area contributed by atoms with E-state index < -0.39 is 5.97 Å². The number of aromatic nitrogens is 2. The van der Waals surface area contributed by atoms with E-state index in [1.165, 1.54) is 13.4 Å². The number of esters is 1. The lowest BCUT2D eigenvalue weighted by molar-refractivity contribution is -0.117. The SMILES string of the molecule is COC(=O)c1ccc(NC(=O)C2CCCN2c2ncnc3ccccc23)cc1. The van der Waals surface area contributed by atoms with Crippen LogP contribution in [0.25, 0.3) is 10.9 Å². The summed E-state index contributed by atoms with van der Waals surface area (Å²) in [7, 11) is 1.34. The third-order valence-electron chi connectivity index (χ3n) is 4.92. The van der Waals surface area contributed by atoms with E-state index in [0.717, 1.165) is 36.1 Å². The number of para-hydroxylation sites is 1. The van der Waals surface area contributed by atoms with Gasteiger partial charge in [-0.25, -0.2) is 14.8 Å². The van der Waals surface area contributed by atoms with Gasteiger partial charge in [0.1, 0.15) is 18.2 Å². The molecule has 0 bridgehead atoms. The number of ether oxygens (including phenoxy) is 1. The van der Waals surface area contributed by atoms with E-state index in [2.05, 4.69) is 15.3 Å². The van der Waals surface area contributed by atoms with Crippen molar-refractivity contribution in [2.45, 2.75) is 18.9 Å². The summed E-state index contributed by atoms with van der Waals surface area (Å²) in [6, 6.07) is 14.1. The Morgan fingerprint density at radius 3 is 2.68 bits per heavy atom. The highest BCUT2D eigenvalue weighted by Crippen LogP contribution is 2.30. The second kappa shape index (κ2) is 7.64. The smallest absolute Gasteiger partial charge is 0.337 e. The summed E-state index contributed by atoms with van der Waals surface area (Å²) in [5.74, 6) is 0.283. The Balaban J connectivity index is 1.54. The highest BCUT2D eigenvalue weighted by molar-refractivity contribution is 5.99. The second-order valence-corrected chi connectivity index (χ2v) is 6.62. The minimum absolute atomic E-state index is 0.0917. The van der Waals surface area contributed by atoms with Crippen LogP contribution in [0, 0.1) is 0 Å². The van der Waals surface area contributed by atoms with Gasteiger partial charge in [-0.15, -0.1) is 0 Å². The van der Waals surface area contributed by atoms with Gasteiger partial charge in [-0.05, 0) is 49.2 Å². The van der Waals surface area contributed by atoms with Gasteiger partial charge in [-0.1, -0.05) is 12.1 Å². The molecule has 1 amide bonds. The molecule has 7 heteroatoms. The van der Waals surface area contributed by atoms with Gasteiger partial charge in [-0.2, -0.15) is 0 Å². The Morgan fingerprint density at radius 1 is 1.11 bits per heavy atom. The number of hydrogen-bond acceptors (Lipinski definition) is 6. The molecule has 0 saturated carbocycles. The van der Waals surface area contributed by atoms with Crippen molar-refractivity contribution in [1.82, 2.24) is 9.97 Å². The highest BCUT2D eigenvalue weighted by Gasteiger charge is 2.32. The van der Waals surface area contributed by atoms with Crippen LogP contribution < -0.4 is 10.2 Å². The number of hydrogen-bond donors (Lipinski definition) is 1. The number of anilines is 2. The lowest BCUT2D eigenvalue weighted by Gasteiger charge is -2.25. The zero-order chi connectivity index (χ0) is 19.5. The van der Waals surface area contributed by atoms with Gasteiger partial charge in [0, 0.05) is 17.6 Å². The number of benzene rings is 2. The van der Waals surface area contributed by atoms with Gasteiger partial charge < -0.3 is 15.0 Å². The molecule has 1 aliphatic heterocycles. The minimum atomic E-state index is -0.407. The fourth-order valence-electron chi connectivity index (χ4n) is 3.55. The highest BCUT2D eigenvalue weighted by atomic mass is 16.5. The van der Waals surface area contributed by atoms with Crippen molar-refractivity contribution in [2.75, 3.05) is 23.9 Å². The standard InChI is InChI=1S/C21H20N4O3/c1-28-21(27)14-8-10-15(11-9-14)24-20(26)18-7-4-12-25(18)19-16-5-2-3-6-17(16)22-13-23-19/h2-3,5-6,8-11,13,18H,4,7,12H2,1H3,(H,24,26). The summed E-state index contributed by atoms with van der Waals surface area (Å²) < 4.78 is 4.69. The van der Waals surface area contributed by atoms with Crippen LogP contribution in [-0.4, -0.2) is 41.5 Å². The van der Waals surface area contributed by atoms with E-state index in [1.807, 2.05) is 29.2 Å². The molecule has 1 atom stereocenters. The normalized spacial score (nSPS) is 16.2. The molecule has 0 aliphatic carbocycles. The first-order valence-corrected chi connectivity index (χ1v) is 9.13. The van der Waals surface area contributed by atoms with Gasteiger partial charge >= 0.3 is 5.97 Å². The number of methoxy groups -OCH3 is 1. The first kappa shape index (κ1) is 17.9. The molecule has 28 heavy (non-hydrogen) atoms. The lowest BCUT2D eigenvalue weighted by atomic mass is 10.1. The average Bonchev–Trinajstić information content (AvgIpc) is 3.23. The maximum absolute atomic E-state index is 12.9. The topological polar surface area (TPSA) is 84.4 Å². The predicted molar refractivity (Wildman–Crippen MR) is 106 cm³/mol. The fourth-order valence-corrected chi connectivity index (χ4v) is 3.55. The molecule has 3 aromatic rings. The van der Waals surface area contributed by atoms with Crippen molar-refractivity contribution in [1.29, 1.82) is 0 Å². The number of rotatable bonds is 4. The zero-order valence-electron chi connectivity index (χ0n) is 15.5. The van der Waals surface area contributed by atoms with Crippen molar-refractivity contribution in [3.63, 3.8) is 0 Å². The van der Waals surface area contributed by atoms with Crippen LogP contribution in [0.1, 0.15) is 23.2 Å². The molecule has 142 valence electrons. The Bertz CT molecular complexity index is 1010. The molecule has 1 unspecified atom stereocenters. The molecule has 1 fully saturated rings. The van der Waals surface area contributed by atoms with Gasteiger partial charge in [-0.3, -0.25) is 4.79 Å². The second-order valence-electron chi connectivity index (χ2n) is 6.62. The maximum Gasteiger partial charge on any atom is 0.337 e. The van der Waals surface area contributed by atoms with E-state index in [1.54, 1.807) is 24.3 Å². The molecule has 2 aromatic carbocycles. The number of amides is 1. The Kier molecular flexibility index (Phi) is 4.89. The summed E-state index contributed by atoms with van der Waals surface area (Å²) in [6.07, 6.45) is 3.21. The van der Waals surface area contributed by atoms with Gasteiger partial charge in [0.25, 0.3) is 0 Å².